The maximum atomic E-state index is 12.8. The molecular weight excluding hydrogens is 839 g/mol. The lowest BCUT2D eigenvalue weighted by Gasteiger charge is -2.40. The van der Waals surface area contributed by atoms with Crippen LogP contribution < -0.4 is 5.32 Å². The molecule has 67 heavy (non-hydrogen) atoms. The molecule has 7 atom stereocenters. The number of aliphatic hydroxyl groups is 5. The van der Waals surface area contributed by atoms with Gasteiger partial charge in [-0.25, -0.2) is 0 Å². The summed E-state index contributed by atoms with van der Waals surface area (Å²) in [6.07, 6.45) is 57.2. The highest BCUT2D eigenvalue weighted by Crippen LogP contribution is 2.23. The summed E-state index contributed by atoms with van der Waals surface area (Å²) >= 11 is 0. The molecule has 0 aromatic carbocycles. The highest BCUT2D eigenvalue weighted by Gasteiger charge is 2.44. The molecule has 0 spiro atoms. The Bertz CT molecular complexity index is 1190. The first kappa shape index (κ1) is 63.2. The number of unbranched alkanes of at least 4 members (excludes halogenated alkanes) is 30. The lowest BCUT2D eigenvalue weighted by Crippen LogP contribution is -2.60. The third-order valence-corrected chi connectivity index (χ3v) is 13.4. The molecule has 392 valence electrons. The Kier molecular flexibility index (Phi) is 45.1. The number of rotatable bonds is 48. The molecule has 0 aliphatic carbocycles. The van der Waals surface area contributed by atoms with Crippen LogP contribution in [0, 0.1) is 0 Å². The van der Waals surface area contributed by atoms with Crippen molar-refractivity contribution >= 4 is 5.91 Å². The summed E-state index contributed by atoms with van der Waals surface area (Å²) in [6, 6.07) is -0.712. The fourth-order valence-electron chi connectivity index (χ4n) is 8.98. The second-order valence-electron chi connectivity index (χ2n) is 19.7. The molecule has 0 radical (unpaired) electrons. The Morgan fingerprint density at radius 2 is 0.925 bits per heavy atom. The smallest absolute Gasteiger partial charge is 0.220 e. The van der Waals surface area contributed by atoms with Crippen LogP contribution in [0.3, 0.4) is 0 Å². The Hall–Kier alpha value is -1.85. The van der Waals surface area contributed by atoms with E-state index in [2.05, 4.69) is 67.8 Å². The normalized spacial score (nSPS) is 20.0. The summed E-state index contributed by atoms with van der Waals surface area (Å²) in [5.41, 5.74) is 0. The summed E-state index contributed by atoms with van der Waals surface area (Å²) in [5.74, 6) is -0.152. The minimum atomic E-state index is -1.55. The van der Waals surface area contributed by atoms with Crippen LogP contribution in [-0.2, 0) is 14.3 Å². The molecule has 7 unspecified atom stereocenters. The average molecular weight is 946 g/mol. The van der Waals surface area contributed by atoms with Crippen molar-refractivity contribution in [2.75, 3.05) is 13.2 Å². The van der Waals surface area contributed by atoms with Crippen LogP contribution in [0.25, 0.3) is 0 Å². The highest BCUT2D eigenvalue weighted by molar-refractivity contribution is 5.76. The standard InChI is InChI=1S/C58H107NO8/c1-3-5-7-8-9-10-11-12-13-14-15-16-17-18-19-20-21-22-23-24-25-26-27-28-29-30-31-32-33-34-35-36-37-38-39-40-41-42-43-44-46-48-54(62)59-51(52(61)47-45-6-4-2)50-66-58-57(65)56(64)55(63)53(49-60)67-58/h5,7,9-10,12-13,15-16,51-53,55-58,60-61,63-65H,3-4,6,8,11,14,17-50H2,1-2H3,(H,59,62)/b7-5-,10-9-,13-12-,16-15-. The molecular formula is C58H107NO8. The third kappa shape index (κ3) is 37.6. The maximum absolute atomic E-state index is 12.8. The van der Waals surface area contributed by atoms with Gasteiger partial charge < -0.3 is 40.3 Å². The molecule has 1 fully saturated rings. The number of ether oxygens (including phenoxy) is 2. The van der Waals surface area contributed by atoms with Gasteiger partial charge in [0.25, 0.3) is 0 Å². The van der Waals surface area contributed by atoms with Gasteiger partial charge in [0.05, 0.1) is 25.4 Å². The number of nitrogens with one attached hydrogen (secondary N) is 1. The monoisotopic (exact) mass is 946 g/mol. The number of hydrogen-bond acceptors (Lipinski definition) is 8. The second kappa shape index (κ2) is 47.8. The van der Waals surface area contributed by atoms with Crippen molar-refractivity contribution in [1.82, 2.24) is 5.32 Å². The lowest BCUT2D eigenvalue weighted by atomic mass is 9.99. The number of aliphatic hydroxyl groups excluding tert-OH is 5. The van der Waals surface area contributed by atoms with Crippen molar-refractivity contribution < 1.29 is 39.8 Å². The van der Waals surface area contributed by atoms with E-state index in [0.717, 1.165) is 64.2 Å². The lowest BCUT2D eigenvalue weighted by molar-refractivity contribution is -0.302. The molecule has 1 saturated heterocycles. The van der Waals surface area contributed by atoms with Crippen molar-refractivity contribution in [1.29, 1.82) is 0 Å². The second-order valence-corrected chi connectivity index (χ2v) is 19.7. The molecule has 1 aliphatic heterocycles. The number of allylic oxidation sites excluding steroid dienone is 8. The van der Waals surface area contributed by atoms with Crippen LogP contribution in [0.2, 0.25) is 0 Å². The molecule has 9 heteroatoms. The van der Waals surface area contributed by atoms with Gasteiger partial charge in [-0.05, 0) is 51.4 Å². The van der Waals surface area contributed by atoms with Crippen LogP contribution in [0.4, 0.5) is 0 Å². The summed E-state index contributed by atoms with van der Waals surface area (Å²) in [7, 11) is 0. The predicted octanol–water partition coefficient (Wildman–Crippen LogP) is 13.7. The van der Waals surface area contributed by atoms with Gasteiger partial charge in [-0.3, -0.25) is 4.79 Å². The van der Waals surface area contributed by atoms with Crippen molar-refractivity contribution in [2.45, 2.75) is 301 Å². The van der Waals surface area contributed by atoms with Gasteiger partial charge in [-0.15, -0.1) is 0 Å². The first-order valence-corrected chi connectivity index (χ1v) is 28.3. The van der Waals surface area contributed by atoms with Gasteiger partial charge in [0.1, 0.15) is 24.4 Å². The van der Waals surface area contributed by atoms with Crippen LogP contribution >= 0.6 is 0 Å². The molecule has 9 nitrogen and oxygen atoms in total. The van der Waals surface area contributed by atoms with Crippen molar-refractivity contribution in [3.05, 3.63) is 48.6 Å². The van der Waals surface area contributed by atoms with E-state index in [1.165, 1.54) is 167 Å². The maximum Gasteiger partial charge on any atom is 0.220 e. The molecule has 1 heterocycles. The zero-order chi connectivity index (χ0) is 48.7. The summed E-state index contributed by atoms with van der Waals surface area (Å²) in [6.45, 7) is 3.56. The van der Waals surface area contributed by atoms with E-state index in [1.54, 1.807) is 0 Å². The van der Waals surface area contributed by atoms with Gasteiger partial charge in [0.2, 0.25) is 5.91 Å². The molecule has 0 saturated carbocycles. The zero-order valence-corrected chi connectivity index (χ0v) is 43.4. The van der Waals surface area contributed by atoms with Crippen molar-refractivity contribution in [3.8, 4) is 0 Å². The Morgan fingerprint density at radius 1 is 0.522 bits per heavy atom. The minimum absolute atomic E-state index is 0.140. The molecule has 6 N–H and O–H groups in total. The van der Waals surface area contributed by atoms with Crippen LogP contribution in [0.1, 0.15) is 258 Å². The zero-order valence-electron chi connectivity index (χ0n) is 43.4. The van der Waals surface area contributed by atoms with Gasteiger partial charge in [0, 0.05) is 6.42 Å². The Morgan fingerprint density at radius 3 is 1.34 bits per heavy atom. The van der Waals surface area contributed by atoms with E-state index in [1.807, 2.05) is 0 Å². The molecule has 1 rings (SSSR count). The fourth-order valence-corrected chi connectivity index (χ4v) is 8.98. The number of carbonyl (C=O) groups excluding carboxylic acids is 1. The Balaban J connectivity index is 1.87. The van der Waals surface area contributed by atoms with Gasteiger partial charge in [0.15, 0.2) is 6.29 Å². The SMILES string of the molecule is CC/C=C\C/C=C\C/C=C\C/C=C\CCCCCCCCCCCCCCCCCCCCCCCCCCCCCCC(=O)NC(COC1OC(CO)C(O)C(O)C1O)C(O)CCCCC. The molecule has 0 aromatic rings. The largest absolute Gasteiger partial charge is 0.394 e. The fraction of sp³-hybridized carbons (Fsp3) is 0.845. The van der Waals surface area contributed by atoms with Gasteiger partial charge in [-0.2, -0.15) is 0 Å². The predicted molar refractivity (Wildman–Crippen MR) is 281 cm³/mol. The Labute approximate surface area is 412 Å². The van der Waals surface area contributed by atoms with E-state index in [0.29, 0.717) is 12.8 Å². The average Bonchev–Trinajstić information content (AvgIpc) is 3.33. The number of hydrogen-bond donors (Lipinski definition) is 6. The summed E-state index contributed by atoms with van der Waals surface area (Å²) in [4.78, 5) is 12.8. The molecule has 1 aliphatic rings. The van der Waals surface area contributed by atoms with Gasteiger partial charge in [-0.1, -0.05) is 249 Å². The molecule has 0 bridgehead atoms. The first-order valence-electron chi connectivity index (χ1n) is 28.3. The first-order chi connectivity index (χ1) is 32.8. The van der Waals surface area contributed by atoms with Gasteiger partial charge >= 0.3 is 0 Å². The van der Waals surface area contributed by atoms with E-state index >= 15 is 0 Å². The number of amides is 1. The topological polar surface area (TPSA) is 149 Å². The summed E-state index contributed by atoms with van der Waals surface area (Å²) < 4.78 is 11.1. The molecule has 0 aromatic heterocycles. The van der Waals surface area contributed by atoms with E-state index in [4.69, 9.17) is 9.47 Å². The van der Waals surface area contributed by atoms with E-state index in [-0.39, 0.29) is 12.5 Å². The van der Waals surface area contributed by atoms with E-state index in [9.17, 15) is 30.3 Å². The van der Waals surface area contributed by atoms with Crippen LogP contribution in [0.5, 0.6) is 0 Å². The van der Waals surface area contributed by atoms with E-state index < -0.39 is 49.5 Å². The molecule has 1 amide bonds. The minimum Gasteiger partial charge on any atom is -0.394 e. The van der Waals surface area contributed by atoms with Crippen molar-refractivity contribution in [3.63, 3.8) is 0 Å². The third-order valence-electron chi connectivity index (χ3n) is 13.4. The number of carbonyl (C=O) groups is 1. The van der Waals surface area contributed by atoms with Crippen LogP contribution in [0.15, 0.2) is 48.6 Å². The van der Waals surface area contributed by atoms with Crippen LogP contribution in [-0.4, -0.2) is 87.5 Å². The quantitative estimate of drug-likeness (QED) is 0.0261. The van der Waals surface area contributed by atoms with Crippen molar-refractivity contribution in [2.24, 2.45) is 0 Å². The summed E-state index contributed by atoms with van der Waals surface area (Å²) in [5, 5.41) is 53.7. The highest BCUT2D eigenvalue weighted by atomic mass is 16.7.